The number of hydrogen-bond acceptors (Lipinski definition) is 0. The molecule has 0 heterocycles. The smallest absolute Gasteiger partial charge is 0 e. The van der Waals surface area contributed by atoms with E-state index in [0.717, 1.165) is 0 Å². The van der Waals surface area contributed by atoms with Gasteiger partial charge in [0.15, 0.2) is 0 Å². The van der Waals surface area contributed by atoms with Crippen molar-refractivity contribution in [1.82, 2.24) is 0 Å². The van der Waals surface area contributed by atoms with Crippen molar-refractivity contribution in [3.8, 4) is 0 Å². The van der Waals surface area contributed by atoms with Gasteiger partial charge in [-0.2, -0.15) is 0 Å². The number of aryl methyl sites for hydroxylation is 2. The Morgan fingerprint density at radius 3 is 2.20 bits per heavy atom. The number of rotatable bonds is 0. The molecular formula is C8H9IZn-. The summed E-state index contributed by atoms with van der Waals surface area (Å²) < 4.78 is 0. The molecular weight excluding hydrogens is 288 g/mol. The molecule has 1 aromatic rings. The Balaban J connectivity index is 0. The van der Waals surface area contributed by atoms with Crippen LogP contribution in [0.4, 0.5) is 0 Å². The van der Waals surface area contributed by atoms with Gasteiger partial charge >= 0.3 is 0 Å². The number of hydrogen-bond donors (Lipinski definition) is 0. The van der Waals surface area contributed by atoms with E-state index in [0.29, 0.717) is 0 Å². The minimum absolute atomic E-state index is 0. The van der Waals surface area contributed by atoms with Gasteiger partial charge in [0, 0.05) is 19.5 Å². The van der Waals surface area contributed by atoms with E-state index < -0.39 is 0 Å². The molecule has 0 bridgehead atoms. The zero-order chi connectivity index (χ0) is 5.98. The van der Waals surface area contributed by atoms with Gasteiger partial charge in [-0.25, -0.2) is 0 Å². The van der Waals surface area contributed by atoms with Crippen LogP contribution in [0.5, 0.6) is 0 Å². The molecule has 0 aliphatic carbocycles. The molecule has 10 heavy (non-hydrogen) atoms. The Hall–Kier alpha value is 0.573. The predicted molar refractivity (Wildman–Crippen MR) is 34.8 cm³/mol. The average molecular weight is 297 g/mol. The minimum Gasteiger partial charge on any atom is -1.00 e. The second-order valence-corrected chi connectivity index (χ2v) is 1.98. The van der Waals surface area contributed by atoms with Crippen molar-refractivity contribution < 1.29 is 43.5 Å². The van der Waals surface area contributed by atoms with E-state index in [9.17, 15) is 0 Å². The van der Waals surface area contributed by atoms with Gasteiger partial charge in [-0.15, -0.1) is 0 Å². The maximum absolute atomic E-state index is 3.10. The first-order chi connectivity index (χ1) is 3.80. The van der Waals surface area contributed by atoms with Gasteiger partial charge in [0.25, 0.3) is 0 Å². The van der Waals surface area contributed by atoms with E-state index in [4.69, 9.17) is 0 Å². The molecule has 0 N–H and O–H groups in total. The van der Waals surface area contributed by atoms with E-state index in [2.05, 4.69) is 26.0 Å². The van der Waals surface area contributed by atoms with Crippen molar-refractivity contribution in [2.75, 3.05) is 0 Å². The maximum atomic E-state index is 3.10. The van der Waals surface area contributed by atoms with Crippen LogP contribution in [0.25, 0.3) is 0 Å². The third-order valence-corrected chi connectivity index (χ3v) is 1.33. The van der Waals surface area contributed by atoms with Gasteiger partial charge in [-0.1, -0.05) is 18.2 Å². The molecule has 0 atom stereocenters. The Labute approximate surface area is 92.2 Å². The predicted octanol–water partition coefficient (Wildman–Crippen LogP) is -0.895. The Bertz CT molecular complexity index is 165. The first-order valence-corrected chi connectivity index (χ1v) is 2.74. The topological polar surface area (TPSA) is 0 Å². The summed E-state index contributed by atoms with van der Waals surface area (Å²) >= 11 is 0. The molecule has 0 saturated carbocycles. The first-order valence-electron chi connectivity index (χ1n) is 2.74. The largest absolute Gasteiger partial charge is 1.00 e. The summed E-state index contributed by atoms with van der Waals surface area (Å²) in [6, 6.07) is 9.12. The van der Waals surface area contributed by atoms with Crippen LogP contribution >= 0.6 is 0 Å². The fraction of sp³-hybridized carbons (Fsp3) is 0.250. The summed E-state index contributed by atoms with van der Waals surface area (Å²) in [5.74, 6) is 0. The van der Waals surface area contributed by atoms with E-state index >= 15 is 0 Å². The fourth-order valence-electron chi connectivity index (χ4n) is 0.604. The Kier molecular flexibility index (Phi) is 8.30. The van der Waals surface area contributed by atoms with Gasteiger partial charge in [0.05, 0.1) is 0 Å². The standard InChI is InChI=1S/C8H9.HI.Zn/c1-7-5-3-4-6-8(7)2;;/h3-5H,1-2H3;1H;/p-1. The third kappa shape index (κ3) is 3.67. The van der Waals surface area contributed by atoms with Gasteiger partial charge in [-0.05, 0) is 31.0 Å². The molecule has 0 fully saturated rings. The summed E-state index contributed by atoms with van der Waals surface area (Å²) in [5.41, 5.74) is 2.56. The van der Waals surface area contributed by atoms with Crippen LogP contribution in [-0.2, 0) is 19.5 Å². The van der Waals surface area contributed by atoms with Gasteiger partial charge in [0.1, 0.15) is 0 Å². The molecule has 0 unspecified atom stereocenters. The van der Waals surface area contributed by atoms with E-state index in [1.165, 1.54) is 11.1 Å². The Morgan fingerprint density at radius 2 is 1.90 bits per heavy atom. The average Bonchev–Trinajstić information content (AvgIpc) is 1.77. The molecule has 0 saturated heterocycles. The molecule has 1 rings (SSSR count). The van der Waals surface area contributed by atoms with Crippen molar-refractivity contribution in [3.63, 3.8) is 0 Å². The molecule has 1 aromatic carbocycles. The summed E-state index contributed by atoms with van der Waals surface area (Å²) in [7, 11) is 0. The van der Waals surface area contributed by atoms with Crippen LogP contribution in [0, 0.1) is 19.9 Å². The molecule has 0 spiro atoms. The van der Waals surface area contributed by atoms with Crippen LogP contribution in [0.2, 0.25) is 0 Å². The zero-order valence-electron chi connectivity index (χ0n) is 6.32. The van der Waals surface area contributed by atoms with Crippen molar-refractivity contribution in [3.05, 3.63) is 35.4 Å². The van der Waals surface area contributed by atoms with Crippen LogP contribution in [0.15, 0.2) is 18.2 Å². The van der Waals surface area contributed by atoms with E-state index in [1.54, 1.807) is 0 Å². The molecule has 2 heteroatoms. The number of halogens is 1. The Morgan fingerprint density at radius 1 is 1.30 bits per heavy atom. The summed E-state index contributed by atoms with van der Waals surface area (Å²) in [4.78, 5) is 0. The zero-order valence-corrected chi connectivity index (χ0v) is 11.4. The molecule has 51 valence electrons. The van der Waals surface area contributed by atoms with Gasteiger partial charge in [0.2, 0.25) is 0 Å². The van der Waals surface area contributed by atoms with Crippen molar-refractivity contribution in [2.24, 2.45) is 0 Å². The van der Waals surface area contributed by atoms with Crippen molar-refractivity contribution in [2.45, 2.75) is 13.8 Å². The normalized spacial score (nSPS) is 7.40. The van der Waals surface area contributed by atoms with E-state index in [1.807, 2.05) is 12.1 Å². The van der Waals surface area contributed by atoms with Crippen LogP contribution < -0.4 is 24.0 Å². The van der Waals surface area contributed by atoms with Crippen LogP contribution in [-0.4, -0.2) is 0 Å². The maximum Gasteiger partial charge on any atom is 0 e. The summed E-state index contributed by atoms with van der Waals surface area (Å²) in [5, 5.41) is 0. The molecule has 0 nitrogen and oxygen atoms in total. The van der Waals surface area contributed by atoms with Crippen LogP contribution in [0.1, 0.15) is 11.1 Å². The molecule has 0 aromatic heterocycles. The third-order valence-electron chi connectivity index (χ3n) is 1.33. The summed E-state index contributed by atoms with van der Waals surface area (Å²) in [6.07, 6.45) is 0. The SMILES string of the molecule is Cc1[c]cccc1C.[I-].[Zn]. The van der Waals surface area contributed by atoms with Gasteiger partial charge < -0.3 is 24.0 Å². The molecule has 1 radical (unpaired) electrons. The van der Waals surface area contributed by atoms with E-state index in [-0.39, 0.29) is 43.5 Å². The van der Waals surface area contributed by atoms with Crippen molar-refractivity contribution in [1.29, 1.82) is 0 Å². The minimum atomic E-state index is 0. The second kappa shape index (κ2) is 6.29. The molecule has 0 aliphatic heterocycles. The molecule has 0 amide bonds. The monoisotopic (exact) mass is 296 g/mol. The number of benzene rings is 1. The second-order valence-electron chi connectivity index (χ2n) is 1.98. The quantitative estimate of drug-likeness (QED) is 0.430. The van der Waals surface area contributed by atoms with Crippen LogP contribution in [0.3, 0.4) is 0 Å². The molecule has 0 aliphatic rings. The summed E-state index contributed by atoms with van der Waals surface area (Å²) in [6.45, 7) is 4.15. The fourth-order valence-corrected chi connectivity index (χ4v) is 0.604. The van der Waals surface area contributed by atoms with Crippen molar-refractivity contribution >= 4 is 0 Å². The first kappa shape index (κ1) is 13.2. The van der Waals surface area contributed by atoms with Gasteiger partial charge in [-0.3, -0.25) is 0 Å².